The Morgan fingerprint density at radius 1 is 1.15 bits per heavy atom. The Balaban J connectivity index is 1.21. The number of nitrogens with zero attached hydrogens (tertiary/aromatic N) is 6. The summed E-state index contributed by atoms with van der Waals surface area (Å²) in [5, 5.41) is 22.5. The van der Waals surface area contributed by atoms with Gasteiger partial charge in [0.25, 0.3) is 5.69 Å². The smallest absolute Gasteiger partial charge is 0.434 e. The van der Waals surface area contributed by atoms with Crippen molar-refractivity contribution in [2.24, 2.45) is 0 Å². The molecule has 0 bridgehead atoms. The Bertz CT molecular complexity index is 1430. The Hall–Kier alpha value is -4.78. The highest BCUT2D eigenvalue weighted by molar-refractivity contribution is 5.75. The van der Waals surface area contributed by atoms with Crippen molar-refractivity contribution < 1.29 is 23.6 Å². The first kappa shape index (κ1) is 27.8. The zero-order chi connectivity index (χ0) is 28.8. The van der Waals surface area contributed by atoms with Crippen molar-refractivity contribution in [2.75, 3.05) is 44.2 Å². The van der Waals surface area contributed by atoms with Gasteiger partial charge in [-0.25, -0.2) is 9.78 Å². The number of rotatable bonds is 9. The summed E-state index contributed by atoms with van der Waals surface area (Å²) in [5.74, 6) is 0.701. The summed E-state index contributed by atoms with van der Waals surface area (Å²) >= 11 is 0. The molecule has 0 spiro atoms. The minimum absolute atomic E-state index is 0.0935. The Labute approximate surface area is 236 Å². The highest BCUT2D eigenvalue weighted by Gasteiger charge is 2.36. The van der Waals surface area contributed by atoms with Crippen molar-refractivity contribution in [3.8, 4) is 0 Å². The second kappa shape index (κ2) is 12.6. The van der Waals surface area contributed by atoms with E-state index in [1.54, 1.807) is 25.3 Å². The fraction of sp³-hybridized carbons (Fsp3) is 0.357. The predicted molar refractivity (Wildman–Crippen MR) is 149 cm³/mol. The minimum atomic E-state index is -0.860. The summed E-state index contributed by atoms with van der Waals surface area (Å²) < 4.78 is 16.6. The van der Waals surface area contributed by atoms with Crippen LogP contribution >= 0.6 is 0 Å². The fourth-order valence-electron chi connectivity index (χ4n) is 5.12. The monoisotopic (exact) mass is 561 g/mol. The number of nitrogens with one attached hydrogen (secondary N) is 1. The maximum absolute atomic E-state index is 12.8. The molecule has 0 radical (unpaired) electrons. The molecule has 0 saturated carbocycles. The van der Waals surface area contributed by atoms with Gasteiger partial charge >= 0.3 is 6.16 Å². The fourth-order valence-corrected chi connectivity index (χ4v) is 5.12. The molecule has 4 heterocycles. The molecule has 1 fully saturated rings. The lowest BCUT2D eigenvalue weighted by atomic mass is 9.85. The molecule has 1 N–H and O–H groups in total. The molecule has 41 heavy (non-hydrogen) atoms. The quantitative estimate of drug-likeness (QED) is 0.174. The number of carbonyl (C=O) groups excluding carboxylic acids is 1. The Kier molecular flexibility index (Phi) is 8.53. The van der Waals surface area contributed by atoms with E-state index in [1.165, 1.54) is 18.5 Å². The molecule has 214 valence electrons. The van der Waals surface area contributed by atoms with Gasteiger partial charge in [0.2, 0.25) is 12.3 Å². The van der Waals surface area contributed by atoms with Crippen LogP contribution in [0.3, 0.4) is 0 Å². The molecule has 13 heteroatoms. The topological polar surface area (TPSA) is 149 Å². The molecule has 5 rings (SSSR count). The van der Waals surface area contributed by atoms with Gasteiger partial charge in [-0.15, -0.1) is 10.2 Å². The van der Waals surface area contributed by atoms with Crippen LogP contribution in [0, 0.1) is 10.1 Å². The third-order valence-corrected chi connectivity index (χ3v) is 7.08. The Morgan fingerprint density at radius 2 is 1.98 bits per heavy atom. The summed E-state index contributed by atoms with van der Waals surface area (Å²) in [7, 11) is 0. The number of carbonyl (C=O) groups is 1. The lowest BCUT2D eigenvalue weighted by molar-refractivity contribution is -0.384. The van der Waals surface area contributed by atoms with E-state index in [-0.39, 0.29) is 23.9 Å². The maximum Gasteiger partial charge on any atom is 0.513 e. The summed E-state index contributed by atoms with van der Waals surface area (Å²) in [6.07, 6.45) is 2.78. The minimum Gasteiger partial charge on any atom is -0.434 e. The number of anilines is 1. The van der Waals surface area contributed by atoms with Crippen LogP contribution in [-0.4, -0.2) is 70.5 Å². The molecular weight excluding hydrogens is 530 g/mol. The number of dihydropyridines is 1. The SMILES string of the molecule is CC1=C(OC(=O)OCCCN2CCN(c3ccccn3)CC2)C(c2cccc([N+](=O)[O-])c2)C(c2nnco2)=C(C)N1. The van der Waals surface area contributed by atoms with Crippen LogP contribution in [0.15, 0.2) is 76.6 Å². The van der Waals surface area contributed by atoms with Crippen LogP contribution < -0.4 is 10.2 Å². The number of nitro benzene ring substituents is 1. The zero-order valence-electron chi connectivity index (χ0n) is 22.9. The van der Waals surface area contributed by atoms with E-state index in [4.69, 9.17) is 13.9 Å². The molecule has 2 aromatic heterocycles. The van der Waals surface area contributed by atoms with Gasteiger partial charge in [-0.2, -0.15) is 0 Å². The molecule has 2 aliphatic heterocycles. The summed E-state index contributed by atoms with van der Waals surface area (Å²) in [6, 6.07) is 12.1. The standard InChI is InChI=1S/C28H31N7O6/c1-19-24(27-32-30-18-40-27)25(21-7-5-8-22(17-21)35(37)38)26(20(2)31-19)41-28(36)39-16-6-11-33-12-14-34(15-13-33)23-9-3-4-10-29-23/h3-5,7-10,17-18,25,31H,6,11-16H2,1-2H3. The predicted octanol–water partition coefficient (Wildman–Crippen LogP) is 4.09. The van der Waals surface area contributed by atoms with Crippen molar-refractivity contribution in [1.82, 2.24) is 25.4 Å². The molecule has 0 amide bonds. The van der Waals surface area contributed by atoms with Crippen molar-refractivity contribution >= 4 is 23.2 Å². The van der Waals surface area contributed by atoms with Crippen LogP contribution in [0.1, 0.15) is 37.6 Å². The van der Waals surface area contributed by atoms with Gasteiger partial charge in [0, 0.05) is 56.8 Å². The van der Waals surface area contributed by atoms with E-state index in [1.807, 2.05) is 25.1 Å². The van der Waals surface area contributed by atoms with Crippen LogP contribution in [0.25, 0.3) is 5.57 Å². The third kappa shape index (κ3) is 6.52. The van der Waals surface area contributed by atoms with Gasteiger partial charge in [0.15, 0.2) is 0 Å². The summed E-state index contributed by atoms with van der Waals surface area (Å²) in [6.45, 7) is 8.10. The zero-order valence-corrected chi connectivity index (χ0v) is 22.9. The summed E-state index contributed by atoms with van der Waals surface area (Å²) in [4.78, 5) is 32.8. The molecule has 1 unspecified atom stereocenters. The average Bonchev–Trinajstić information content (AvgIpc) is 3.52. The van der Waals surface area contributed by atoms with Gasteiger partial charge in [-0.3, -0.25) is 15.0 Å². The molecule has 2 aliphatic rings. The number of allylic oxidation sites excluding steroid dienone is 3. The number of hydrogen-bond acceptors (Lipinski definition) is 12. The van der Waals surface area contributed by atoms with Crippen molar-refractivity contribution in [2.45, 2.75) is 26.2 Å². The number of pyridine rings is 1. The number of piperazine rings is 1. The first-order valence-electron chi connectivity index (χ1n) is 13.3. The normalized spacial score (nSPS) is 17.8. The number of hydrogen-bond donors (Lipinski definition) is 1. The van der Waals surface area contributed by atoms with Gasteiger partial charge in [0.05, 0.1) is 28.7 Å². The molecule has 0 aliphatic carbocycles. The lowest BCUT2D eigenvalue weighted by Gasteiger charge is -2.35. The summed E-state index contributed by atoms with van der Waals surface area (Å²) in [5.41, 5.74) is 2.22. The molecule has 3 aromatic rings. The van der Waals surface area contributed by atoms with Gasteiger partial charge in [-0.1, -0.05) is 18.2 Å². The number of benzene rings is 1. The van der Waals surface area contributed by atoms with Crippen LogP contribution in [0.5, 0.6) is 0 Å². The van der Waals surface area contributed by atoms with E-state index in [0.29, 0.717) is 29.0 Å². The van der Waals surface area contributed by atoms with Gasteiger partial charge in [0.1, 0.15) is 11.6 Å². The number of non-ortho nitro benzene ring substituents is 1. The third-order valence-electron chi connectivity index (χ3n) is 7.08. The largest absolute Gasteiger partial charge is 0.513 e. The number of aromatic nitrogens is 3. The van der Waals surface area contributed by atoms with E-state index < -0.39 is 17.0 Å². The van der Waals surface area contributed by atoms with E-state index in [0.717, 1.165) is 38.5 Å². The van der Waals surface area contributed by atoms with Gasteiger partial charge in [-0.05, 0) is 38.0 Å². The molecule has 1 atom stereocenters. The van der Waals surface area contributed by atoms with Crippen LogP contribution in [-0.2, 0) is 9.47 Å². The van der Waals surface area contributed by atoms with E-state index >= 15 is 0 Å². The average molecular weight is 562 g/mol. The van der Waals surface area contributed by atoms with Gasteiger partial charge < -0.3 is 24.1 Å². The second-order valence-electron chi connectivity index (χ2n) is 9.75. The molecule has 13 nitrogen and oxygen atoms in total. The van der Waals surface area contributed by atoms with E-state index in [9.17, 15) is 14.9 Å². The highest BCUT2D eigenvalue weighted by Crippen LogP contribution is 2.43. The highest BCUT2D eigenvalue weighted by atomic mass is 16.7. The van der Waals surface area contributed by atoms with E-state index in [2.05, 4.69) is 30.3 Å². The molecular formula is C28H31N7O6. The number of nitro groups is 1. The van der Waals surface area contributed by atoms with Crippen LogP contribution in [0.2, 0.25) is 0 Å². The number of ether oxygens (including phenoxy) is 2. The van der Waals surface area contributed by atoms with Crippen molar-refractivity contribution in [1.29, 1.82) is 0 Å². The Morgan fingerprint density at radius 3 is 2.68 bits per heavy atom. The van der Waals surface area contributed by atoms with Crippen LogP contribution in [0.4, 0.5) is 16.3 Å². The maximum atomic E-state index is 12.8. The lowest BCUT2D eigenvalue weighted by Crippen LogP contribution is -2.47. The van der Waals surface area contributed by atoms with Crippen molar-refractivity contribution in [3.63, 3.8) is 0 Å². The molecule has 1 aromatic carbocycles. The molecule has 1 saturated heterocycles. The first-order chi connectivity index (χ1) is 19.9. The first-order valence-corrected chi connectivity index (χ1v) is 13.3. The second-order valence-corrected chi connectivity index (χ2v) is 9.75. The van der Waals surface area contributed by atoms with Crippen molar-refractivity contribution in [3.05, 3.63) is 93.8 Å².